The Kier molecular flexibility index (Phi) is 2.64. The predicted octanol–water partition coefficient (Wildman–Crippen LogP) is 2.20. The summed E-state index contributed by atoms with van der Waals surface area (Å²) in [5.74, 6) is 1.71. The molecule has 62 valence electrons. The molecule has 3 heteroatoms. The molecule has 0 saturated carbocycles. The van der Waals surface area contributed by atoms with Crippen molar-refractivity contribution in [1.29, 1.82) is 0 Å². The Hall–Kier alpha value is -1.11. The summed E-state index contributed by atoms with van der Waals surface area (Å²) in [5.41, 5.74) is 2.64. The summed E-state index contributed by atoms with van der Waals surface area (Å²) in [6.45, 7) is 3.76. The van der Waals surface area contributed by atoms with Gasteiger partial charge in [0, 0.05) is 17.8 Å². The van der Waals surface area contributed by atoms with Gasteiger partial charge >= 0.3 is 0 Å². The lowest BCUT2D eigenvalue weighted by atomic mass is 10.1. The Morgan fingerprint density at radius 2 is 2.17 bits per heavy atom. The summed E-state index contributed by atoms with van der Waals surface area (Å²) >= 11 is 5.76. The van der Waals surface area contributed by atoms with E-state index in [4.69, 9.17) is 11.6 Å². The van der Waals surface area contributed by atoms with E-state index in [2.05, 4.69) is 4.98 Å². The van der Waals surface area contributed by atoms with Crippen molar-refractivity contribution in [1.82, 2.24) is 4.98 Å². The monoisotopic (exact) mass is 181 g/mol. The van der Waals surface area contributed by atoms with E-state index in [1.54, 1.807) is 12.1 Å². The van der Waals surface area contributed by atoms with E-state index < -0.39 is 0 Å². The van der Waals surface area contributed by atoms with Gasteiger partial charge in [0.25, 0.3) is 0 Å². The van der Waals surface area contributed by atoms with Crippen molar-refractivity contribution >= 4 is 23.6 Å². The molecule has 1 heterocycles. The van der Waals surface area contributed by atoms with Gasteiger partial charge in [-0.25, -0.2) is 9.78 Å². The molecule has 0 spiro atoms. The van der Waals surface area contributed by atoms with Crippen LogP contribution < -0.4 is 0 Å². The summed E-state index contributed by atoms with van der Waals surface area (Å²) in [6, 6.07) is 0. The van der Waals surface area contributed by atoms with Crippen LogP contribution in [-0.4, -0.2) is 10.9 Å². The number of rotatable bonds is 1. The second-order valence-corrected chi connectivity index (χ2v) is 2.87. The van der Waals surface area contributed by atoms with Crippen LogP contribution in [0.25, 0.3) is 6.08 Å². The smallest absolute Gasteiger partial charge is 0.132 e. The van der Waals surface area contributed by atoms with Crippen LogP contribution in [0.4, 0.5) is 0 Å². The van der Waals surface area contributed by atoms with Gasteiger partial charge in [-0.2, -0.15) is 0 Å². The van der Waals surface area contributed by atoms with Gasteiger partial charge in [0.05, 0.1) is 0 Å². The van der Waals surface area contributed by atoms with E-state index in [9.17, 15) is 4.79 Å². The Bertz CT molecular complexity index is 354. The first-order chi connectivity index (χ1) is 5.66. The van der Waals surface area contributed by atoms with E-state index in [-0.39, 0.29) is 0 Å². The van der Waals surface area contributed by atoms with Crippen LogP contribution in [0.15, 0.2) is 6.20 Å². The lowest BCUT2D eigenvalue weighted by Gasteiger charge is -2.03. The molecule has 1 aromatic heterocycles. The fourth-order valence-corrected chi connectivity index (χ4v) is 1.09. The summed E-state index contributed by atoms with van der Waals surface area (Å²) in [6.07, 6.45) is 2.92. The number of hydrogen-bond acceptors (Lipinski definition) is 2. The standard InChI is InChI=1S/C9H8ClNO/c1-6-7(2)9(10)11-5-8(6)3-4-12/h3,5H,1-2H3. The molecule has 0 fully saturated rings. The third kappa shape index (κ3) is 1.55. The molecule has 0 radical (unpaired) electrons. The second kappa shape index (κ2) is 3.53. The molecule has 0 N–H and O–H groups in total. The maximum Gasteiger partial charge on any atom is 0.132 e. The van der Waals surface area contributed by atoms with Crippen molar-refractivity contribution in [3.05, 3.63) is 28.0 Å². The van der Waals surface area contributed by atoms with Crippen molar-refractivity contribution in [3.8, 4) is 0 Å². The second-order valence-electron chi connectivity index (χ2n) is 2.52. The first-order valence-corrected chi connectivity index (χ1v) is 3.87. The number of halogens is 1. The third-order valence-corrected chi connectivity index (χ3v) is 2.22. The molecule has 1 aromatic rings. The van der Waals surface area contributed by atoms with E-state index >= 15 is 0 Å². The topological polar surface area (TPSA) is 30.0 Å². The first kappa shape index (κ1) is 8.98. The van der Waals surface area contributed by atoms with Gasteiger partial charge in [-0.1, -0.05) is 11.6 Å². The third-order valence-electron chi connectivity index (χ3n) is 1.84. The fraction of sp³-hybridized carbons (Fsp3) is 0.222. The zero-order valence-electron chi connectivity index (χ0n) is 6.89. The normalized spacial score (nSPS) is 9.25. The molecule has 0 aliphatic heterocycles. The van der Waals surface area contributed by atoms with E-state index in [1.807, 2.05) is 13.8 Å². The number of pyridine rings is 1. The highest BCUT2D eigenvalue weighted by Crippen LogP contribution is 2.19. The number of aromatic nitrogens is 1. The Labute approximate surface area is 75.9 Å². The minimum absolute atomic E-state index is 0.482. The van der Waals surface area contributed by atoms with Crippen LogP contribution in [0.2, 0.25) is 5.15 Å². The van der Waals surface area contributed by atoms with Gasteiger partial charge in [-0.05, 0) is 25.0 Å². The highest BCUT2D eigenvalue weighted by atomic mass is 35.5. The number of hydrogen-bond donors (Lipinski definition) is 0. The number of nitrogens with zero attached hydrogens (tertiary/aromatic N) is 1. The van der Waals surface area contributed by atoms with Gasteiger partial charge in [0.2, 0.25) is 0 Å². The minimum atomic E-state index is 0.482. The van der Waals surface area contributed by atoms with Crippen LogP contribution in [0.5, 0.6) is 0 Å². The van der Waals surface area contributed by atoms with E-state index in [1.165, 1.54) is 6.08 Å². The van der Waals surface area contributed by atoms with Crippen LogP contribution in [0.3, 0.4) is 0 Å². The van der Waals surface area contributed by atoms with Crippen molar-refractivity contribution in [2.75, 3.05) is 0 Å². The molecule has 0 unspecified atom stereocenters. The van der Waals surface area contributed by atoms with Crippen molar-refractivity contribution in [2.24, 2.45) is 0 Å². The Morgan fingerprint density at radius 3 is 2.75 bits per heavy atom. The van der Waals surface area contributed by atoms with Gasteiger partial charge in [0.1, 0.15) is 11.1 Å². The highest BCUT2D eigenvalue weighted by Gasteiger charge is 2.03. The summed E-state index contributed by atoms with van der Waals surface area (Å²) in [4.78, 5) is 14.0. The van der Waals surface area contributed by atoms with E-state index in [0.717, 1.165) is 16.7 Å². The van der Waals surface area contributed by atoms with Gasteiger partial charge in [-0.15, -0.1) is 0 Å². The molecule has 0 aliphatic carbocycles. The molecule has 0 saturated heterocycles. The van der Waals surface area contributed by atoms with Crippen molar-refractivity contribution < 1.29 is 4.79 Å². The quantitative estimate of drug-likeness (QED) is 0.491. The molecule has 0 aromatic carbocycles. The number of carbonyl (C=O) groups excluding carboxylic acids is 1. The maximum absolute atomic E-state index is 10.1. The molecule has 0 aliphatic rings. The molecule has 1 rings (SSSR count). The van der Waals surface area contributed by atoms with Crippen molar-refractivity contribution in [3.63, 3.8) is 0 Å². The van der Waals surface area contributed by atoms with Gasteiger partial charge < -0.3 is 0 Å². The SMILES string of the molecule is Cc1c(C=C=O)cnc(Cl)c1C. The van der Waals surface area contributed by atoms with Crippen LogP contribution >= 0.6 is 11.6 Å². The highest BCUT2D eigenvalue weighted by molar-refractivity contribution is 6.30. The molecule has 0 amide bonds. The molecular weight excluding hydrogens is 174 g/mol. The van der Waals surface area contributed by atoms with Crippen LogP contribution in [-0.2, 0) is 4.79 Å². The van der Waals surface area contributed by atoms with Gasteiger partial charge in [0.15, 0.2) is 0 Å². The van der Waals surface area contributed by atoms with Crippen LogP contribution in [0, 0.1) is 13.8 Å². The molecule has 0 atom stereocenters. The van der Waals surface area contributed by atoms with Crippen LogP contribution in [0.1, 0.15) is 16.7 Å². The summed E-state index contributed by atoms with van der Waals surface area (Å²) in [5, 5.41) is 0.482. The first-order valence-electron chi connectivity index (χ1n) is 3.49. The zero-order valence-corrected chi connectivity index (χ0v) is 7.64. The lowest BCUT2D eigenvalue weighted by molar-refractivity contribution is 0.570. The minimum Gasteiger partial charge on any atom is -0.244 e. The maximum atomic E-state index is 10.1. The molecule has 0 bridgehead atoms. The Balaban J connectivity index is 3.35. The molecular formula is C9H8ClNO. The van der Waals surface area contributed by atoms with Gasteiger partial charge in [-0.3, -0.25) is 0 Å². The zero-order chi connectivity index (χ0) is 9.14. The van der Waals surface area contributed by atoms with E-state index in [0.29, 0.717) is 5.15 Å². The Morgan fingerprint density at radius 1 is 1.50 bits per heavy atom. The predicted molar refractivity (Wildman–Crippen MR) is 48.9 cm³/mol. The summed E-state index contributed by atoms with van der Waals surface area (Å²) in [7, 11) is 0. The average molecular weight is 182 g/mol. The largest absolute Gasteiger partial charge is 0.244 e. The average Bonchev–Trinajstić information content (AvgIpc) is 2.07. The molecule has 2 nitrogen and oxygen atoms in total. The summed E-state index contributed by atoms with van der Waals surface area (Å²) < 4.78 is 0. The molecule has 12 heavy (non-hydrogen) atoms. The fourth-order valence-electron chi connectivity index (χ4n) is 0.900. The lowest BCUT2D eigenvalue weighted by Crippen LogP contribution is -1.90. The van der Waals surface area contributed by atoms with Crippen molar-refractivity contribution in [2.45, 2.75) is 13.8 Å².